The SMILES string of the molecule is COOC=N[C@@H](C(=O)N1[C@H](c2nc3ccc(-c4ccc(-c5cnc([C@@H]6C[C@@H]7C[C@@H]7N6C(=O)[C@H](NC(=O)OC)c6ccccc6)[nH]5)cc4)cc3[nH]2)C[C@@H]2C[C@@H]21)c1ccccc1. The first-order valence-electron chi connectivity index (χ1n) is 20.3. The molecule has 2 aliphatic carbocycles. The molecule has 14 nitrogen and oxygen atoms in total. The molecule has 2 saturated heterocycles. The zero-order chi connectivity index (χ0) is 40.9. The fraction of sp³-hybridized carbons (Fsp3) is 0.304. The molecule has 4 heterocycles. The minimum Gasteiger partial charge on any atom is -0.453 e. The van der Waals surface area contributed by atoms with E-state index in [1.807, 2.05) is 82.7 Å². The molecule has 2 saturated carbocycles. The average Bonchev–Trinajstić information content (AvgIpc) is 3.91. The summed E-state index contributed by atoms with van der Waals surface area (Å²) in [5.41, 5.74) is 7.09. The Morgan fingerprint density at radius 1 is 0.750 bits per heavy atom. The van der Waals surface area contributed by atoms with Crippen LogP contribution in [0.15, 0.2) is 114 Å². The lowest BCUT2D eigenvalue weighted by Gasteiger charge is -2.30. The quantitative estimate of drug-likeness (QED) is 0.0499. The molecule has 304 valence electrons. The zero-order valence-corrected chi connectivity index (χ0v) is 33.1. The average molecular weight is 805 g/mol. The monoisotopic (exact) mass is 804 g/mol. The Morgan fingerprint density at radius 3 is 2.07 bits per heavy atom. The van der Waals surface area contributed by atoms with Crippen LogP contribution in [0.4, 0.5) is 4.79 Å². The number of aliphatic imine (C=N–C) groups is 1. The molecule has 2 aromatic heterocycles. The van der Waals surface area contributed by atoms with E-state index in [1.54, 1.807) is 0 Å². The van der Waals surface area contributed by atoms with Gasteiger partial charge >= 0.3 is 6.09 Å². The molecule has 0 spiro atoms. The van der Waals surface area contributed by atoms with Gasteiger partial charge in [-0.2, -0.15) is 4.89 Å². The van der Waals surface area contributed by atoms with Crippen LogP contribution in [0.25, 0.3) is 33.4 Å². The maximum atomic E-state index is 14.2. The Labute approximate surface area is 345 Å². The van der Waals surface area contributed by atoms with Crippen molar-refractivity contribution in [3.63, 3.8) is 0 Å². The van der Waals surface area contributed by atoms with Crippen molar-refractivity contribution in [1.82, 2.24) is 35.1 Å². The first-order chi connectivity index (χ1) is 29.4. The van der Waals surface area contributed by atoms with Gasteiger partial charge in [0.05, 0.1) is 49.2 Å². The van der Waals surface area contributed by atoms with Crippen LogP contribution in [-0.2, 0) is 24.1 Å². The molecule has 3 N–H and O–H groups in total. The van der Waals surface area contributed by atoms with Gasteiger partial charge in [0.1, 0.15) is 17.7 Å². The number of fused-ring (bicyclic) bond motifs is 3. The van der Waals surface area contributed by atoms with E-state index in [0.29, 0.717) is 17.4 Å². The minimum absolute atomic E-state index is 0.0897. The minimum atomic E-state index is -0.873. The molecule has 4 aliphatic rings. The molecule has 4 fully saturated rings. The van der Waals surface area contributed by atoms with Gasteiger partial charge in [0.25, 0.3) is 11.8 Å². The molecule has 0 bridgehead atoms. The summed E-state index contributed by atoms with van der Waals surface area (Å²) in [5, 5.41) is 2.76. The predicted octanol–water partition coefficient (Wildman–Crippen LogP) is 7.39. The lowest BCUT2D eigenvalue weighted by molar-refractivity contribution is -0.188. The molecule has 0 unspecified atom stereocenters. The number of benzene rings is 4. The molecule has 8 atom stereocenters. The van der Waals surface area contributed by atoms with Crippen molar-refractivity contribution in [1.29, 1.82) is 0 Å². The summed E-state index contributed by atoms with van der Waals surface area (Å²) in [6, 6.07) is 31.4. The highest BCUT2D eigenvalue weighted by molar-refractivity contribution is 5.89. The summed E-state index contributed by atoms with van der Waals surface area (Å²) >= 11 is 0. The number of carbonyl (C=O) groups is 3. The number of alkyl carbamates (subject to hydrolysis) is 1. The summed E-state index contributed by atoms with van der Waals surface area (Å²) in [5.74, 6) is 2.08. The van der Waals surface area contributed by atoms with E-state index in [9.17, 15) is 14.4 Å². The van der Waals surface area contributed by atoms with E-state index in [-0.39, 0.29) is 36.0 Å². The second kappa shape index (κ2) is 15.4. The third kappa shape index (κ3) is 6.96. The maximum absolute atomic E-state index is 14.2. The Balaban J connectivity index is 0.857. The Morgan fingerprint density at radius 2 is 1.38 bits per heavy atom. The van der Waals surface area contributed by atoms with Crippen molar-refractivity contribution in [2.24, 2.45) is 16.8 Å². The van der Waals surface area contributed by atoms with Crippen molar-refractivity contribution in [2.45, 2.75) is 61.9 Å². The van der Waals surface area contributed by atoms with Crippen molar-refractivity contribution in [3.8, 4) is 22.4 Å². The van der Waals surface area contributed by atoms with Gasteiger partial charge in [-0.25, -0.2) is 19.8 Å². The van der Waals surface area contributed by atoms with Gasteiger partial charge in [0, 0.05) is 12.1 Å². The van der Waals surface area contributed by atoms with E-state index in [2.05, 4.69) is 56.7 Å². The Bertz CT molecular complexity index is 2580. The van der Waals surface area contributed by atoms with Crippen LogP contribution in [0.5, 0.6) is 0 Å². The van der Waals surface area contributed by atoms with Gasteiger partial charge in [-0.05, 0) is 77.5 Å². The number of carbonyl (C=O) groups excluding carboxylic acids is 3. The second-order valence-electron chi connectivity index (χ2n) is 16.0. The third-order valence-electron chi connectivity index (χ3n) is 12.5. The number of nitrogens with zero attached hydrogens (tertiary/aromatic N) is 5. The van der Waals surface area contributed by atoms with Crippen LogP contribution < -0.4 is 5.32 Å². The number of ether oxygens (including phenoxy) is 1. The number of aromatic nitrogens is 4. The number of imidazole rings is 2. The molecule has 60 heavy (non-hydrogen) atoms. The van der Waals surface area contributed by atoms with Gasteiger partial charge in [-0.3, -0.25) is 9.59 Å². The summed E-state index contributed by atoms with van der Waals surface area (Å²) < 4.78 is 4.87. The van der Waals surface area contributed by atoms with Gasteiger partial charge < -0.3 is 34.7 Å². The van der Waals surface area contributed by atoms with E-state index >= 15 is 0 Å². The number of rotatable bonds is 12. The molecular formula is C46H44N8O6. The number of piperidine rings is 2. The number of hydrogen-bond donors (Lipinski definition) is 3. The number of amides is 3. The molecule has 4 aromatic carbocycles. The molecule has 14 heteroatoms. The van der Waals surface area contributed by atoms with Crippen LogP contribution in [0.1, 0.15) is 72.6 Å². The number of hydrogen-bond acceptors (Lipinski definition) is 9. The highest BCUT2D eigenvalue weighted by Crippen LogP contribution is 2.55. The van der Waals surface area contributed by atoms with Crippen LogP contribution in [-0.4, -0.2) is 80.3 Å². The highest BCUT2D eigenvalue weighted by Gasteiger charge is 2.57. The molecule has 3 amide bonds. The number of likely N-dealkylation sites (tertiary alicyclic amines) is 2. The Hall–Kier alpha value is -6.80. The highest BCUT2D eigenvalue weighted by atomic mass is 17.2. The van der Waals surface area contributed by atoms with Crippen molar-refractivity contribution in [3.05, 3.63) is 132 Å². The third-order valence-corrected chi connectivity index (χ3v) is 12.5. The standard InChI is InChI=1S/C46H44N8O6/c1-58-46(57)52-41(29-11-7-4-8-12-29)45(56)53-36-20-31(36)22-38(53)42-47-24-35(51-42)27-15-13-26(14-16-27)30-17-18-33-34(19-30)50-43(49-33)39-23-32-21-37(32)54(39)44(55)40(48-25-60-59-2)28-9-5-3-6-10-28/h3-19,24-25,31-32,36-41H,20-23H2,1-2H3,(H,47,51)(H,49,50)(H,52,57)/t31-,32-,36-,37-,38-,39-,40+,41+/m0/s1. The summed E-state index contributed by atoms with van der Waals surface area (Å²) in [6.07, 6.45) is 5.91. The molecule has 0 radical (unpaired) electrons. The molecule has 6 aromatic rings. The van der Waals surface area contributed by atoms with E-state index in [1.165, 1.54) is 20.6 Å². The number of nitrogens with one attached hydrogen (secondary N) is 3. The first-order valence-corrected chi connectivity index (χ1v) is 20.3. The molecular weight excluding hydrogens is 761 g/mol. The molecule has 10 rings (SSSR count). The predicted molar refractivity (Wildman–Crippen MR) is 222 cm³/mol. The van der Waals surface area contributed by atoms with Crippen LogP contribution in [0, 0.1) is 11.8 Å². The largest absolute Gasteiger partial charge is 0.453 e. The van der Waals surface area contributed by atoms with E-state index in [0.717, 1.165) is 76.3 Å². The van der Waals surface area contributed by atoms with Crippen molar-refractivity contribution < 1.29 is 28.9 Å². The second-order valence-corrected chi connectivity index (χ2v) is 16.0. The smallest absolute Gasteiger partial charge is 0.407 e. The molecule has 2 aliphatic heterocycles. The van der Waals surface area contributed by atoms with Gasteiger partial charge in [0.2, 0.25) is 6.40 Å². The zero-order valence-electron chi connectivity index (χ0n) is 33.1. The lowest BCUT2D eigenvalue weighted by atomic mass is 10.0. The topological polar surface area (TPSA) is 167 Å². The van der Waals surface area contributed by atoms with Crippen LogP contribution >= 0.6 is 0 Å². The summed E-state index contributed by atoms with van der Waals surface area (Å²) in [7, 11) is 2.69. The Kier molecular flexibility index (Phi) is 9.63. The lowest BCUT2D eigenvalue weighted by Crippen LogP contribution is -2.44. The number of methoxy groups -OCH3 is 1. The summed E-state index contributed by atoms with van der Waals surface area (Å²) in [6.45, 7) is 0. The van der Waals surface area contributed by atoms with Crippen molar-refractivity contribution >= 4 is 35.3 Å². The van der Waals surface area contributed by atoms with Crippen LogP contribution in [0.2, 0.25) is 0 Å². The van der Waals surface area contributed by atoms with Gasteiger partial charge in [0.15, 0.2) is 6.04 Å². The van der Waals surface area contributed by atoms with E-state index in [4.69, 9.17) is 24.5 Å². The first kappa shape index (κ1) is 37.5. The normalized spacial score (nSPS) is 23.6. The van der Waals surface area contributed by atoms with Gasteiger partial charge in [-0.1, -0.05) is 91.0 Å². The van der Waals surface area contributed by atoms with E-state index < -0.39 is 18.2 Å². The van der Waals surface area contributed by atoms with Crippen LogP contribution in [0.3, 0.4) is 0 Å². The van der Waals surface area contributed by atoms with Crippen molar-refractivity contribution in [2.75, 3.05) is 14.2 Å². The number of aromatic amines is 2. The maximum Gasteiger partial charge on any atom is 0.407 e. The number of H-pyrrole nitrogens is 2. The fourth-order valence-electron chi connectivity index (χ4n) is 9.35. The fourth-order valence-corrected chi connectivity index (χ4v) is 9.35. The van der Waals surface area contributed by atoms with Gasteiger partial charge in [-0.15, -0.1) is 0 Å². The summed E-state index contributed by atoms with van der Waals surface area (Å²) in [4.78, 5) is 75.5.